The molecule has 0 spiro atoms. The monoisotopic (exact) mass is 478 g/mol. The number of hydrogen-bond donors (Lipinski definition) is 1. The molecule has 1 aromatic carbocycles. The van der Waals surface area contributed by atoms with Crippen LogP contribution in [-0.2, 0) is 19.6 Å². The van der Waals surface area contributed by atoms with Crippen molar-refractivity contribution >= 4 is 54.9 Å². The molecular formula is C20H22N4O4S3. The maximum atomic E-state index is 12.8. The van der Waals surface area contributed by atoms with Crippen LogP contribution in [0.3, 0.4) is 0 Å². The van der Waals surface area contributed by atoms with Gasteiger partial charge in [-0.3, -0.25) is 4.79 Å². The van der Waals surface area contributed by atoms with Gasteiger partial charge in [0.1, 0.15) is 16.2 Å². The van der Waals surface area contributed by atoms with E-state index in [4.69, 9.17) is 4.74 Å². The van der Waals surface area contributed by atoms with Gasteiger partial charge < -0.3 is 10.1 Å². The van der Waals surface area contributed by atoms with Gasteiger partial charge in [0.25, 0.3) is 0 Å². The lowest BCUT2D eigenvalue weighted by atomic mass is 10.2. The van der Waals surface area contributed by atoms with Gasteiger partial charge in [-0.2, -0.15) is 4.31 Å². The van der Waals surface area contributed by atoms with Gasteiger partial charge in [0.15, 0.2) is 0 Å². The molecule has 1 amide bonds. The molecule has 3 aromatic rings. The van der Waals surface area contributed by atoms with Gasteiger partial charge in [0.2, 0.25) is 15.9 Å². The SMILES string of the molecule is Cc1sc2ncnc(SCC(=O)Nc3cccc(S(=O)(=O)N4CCOCC4)c3)c2c1C. The number of morpholine rings is 1. The van der Waals surface area contributed by atoms with E-state index in [2.05, 4.69) is 15.3 Å². The van der Waals surface area contributed by atoms with Gasteiger partial charge in [-0.05, 0) is 37.6 Å². The van der Waals surface area contributed by atoms with Gasteiger partial charge in [0, 0.05) is 29.0 Å². The Kier molecular flexibility index (Phi) is 6.58. The zero-order chi connectivity index (χ0) is 22.0. The summed E-state index contributed by atoms with van der Waals surface area (Å²) in [6.07, 6.45) is 1.51. The summed E-state index contributed by atoms with van der Waals surface area (Å²) in [5, 5.41) is 4.54. The molecule has 164 valence electrons. The Morgan fingerprint density at radius 1 is 1.26 bits per heavy atom. The van der Waals surface area contributed by atoms with Crippen molar-refractivity contribution in [3.05, 3.63) is 41.0 Å². The zero-order valence-corrected chi connectivity index (χ0v) is 19.6. The number of anilines is 1. The highest BCUT2D eigenvalue weighted by Gasteiger charge is 2.26. The molecule has 31 heavy (non-hydrogen) atoms. The first-order valence-corrected chi connectivity index (χ1v) is 12.9. The average Bonchev–Trinajstić information content (AvgIpc) is 3.07. The summed E-state index contributed by atoms with van der Waals surface area (Å²) in [6.45, 7) is 5.48. The van der Waals surface area contributed by atoms with Crippen molar-refractivity contribution < 1.29 is 17.9 Å². The number of amides is 1. The van der Waals surface area contributed by atoms with E-state index in [1.165, 1.54) is 39.4 Å². The molecule has 0 saturated carbocycles. The van der Waals surface area contributed by atoms with E-state index in [9.17, 15) is 13.2 Å². The first-order valence-electron chi connectivity index (χ1n) is 9.67. The first-order chi connectivity index (χ1) is 14.9. The summed E-state index contributed by atoms with van der Waals surface area (Å²) >= 11 is 2.95. The minimum atomic E-state index is -3.62. The fourth-order valence-electron chi connectivity index (χ4n) is 3.26. The molecule has 0 atom stereocenters. The molecule has 0 unspecified atom stereocenters. The summed E-state index contributed by atoms with van der Waals surface area (Å²) < 4.78 is 32.3. The van der Waals surface area contributed by atoms with Gasteiger partial charge >= 0.3 is 0 Å². The number of thiophene rings is 1. The number of fused-ring (bicyclic) bond motifs is 1. The summed E-state index contributed by atoms with van der Waals surface area (Å²) in [5.74, 6) is -0.0803. The number of aromatic nitrogens is 2. The molecule has 8 nitrogen and oxygen atoms in total. The number of aryl methyl sites for hydroxylation is 2. The fraction of sp³-hybridized carbons (Fsp3) is 0.350. The highest BCUT2D eigenvalue weighted by atomic mass is 32.2. The van der Waals surface area contributed by atoms with Crippen molar-refractivity contribution in [2.45, 2.75) is 23.8 Å². The molecule has 1 N–H and O–H groups in total. The molecule has 1 aliphatic rings. The molecule has 11 heteroatoms. The molecule has 1 aliphatic heterocycles. The number of carbonyl (C=O) groups is 1. The van der Waals surface area contributed by atoms with Crippen LogP contribution in [0, 0.1) is 13.8 Å². The second-order valence-electron chi connectivity index (χ2n) is 7.02. The van der Waals surface area contributed by atoms with E-state index < -0.39 is 10.0 Å². The van der Waals surface area contributed by atoms with Crippen molar-refractivity contribution in [3.8, 4) is 0 Å². The topological polar surface area (TPSA) is 101 Å². The van der Waals surface area contributed by atoms with Gasteiger partial charge in [-0.15, -0.1) is 11.3 Å². The lowest BCUT2D eigenvalue weighted by molar-refractivity contribution is -0.113. The van der Waals surface area contributed by atoms with E-state index in [-0.39, 0.29) is 16.6 Å². The minimum absolute atomic E-state index is 0.154. The summed E-state index contributed by atoms with van der Waals surface area (Å²) in [5.41, 5.74) is 1.57. The molecule has 1 fully saturated rings. The minimum Gasteiger partial charge on any atom is -0.379 e. The lowest BCUT2D eigenvalue weighted by Crippen LogP contribution is -2.40. The zero-order valence-electron chi connectivity index (χ0n) is 17.1. The van der Waals surface area contributed by atoms with Crippen molar-refractivity contribution in [1.29, 1.82) is 0 Å². The van der Waals surface area contributed by atoms with E-state index in [1.807, 2.05) is 13.8 Å². The third-order valence-corrected chi connectivity index (χ3v) is 9.00. The summed E-state index contributed by atoms with van der Waals surface area (Å²) in [6, 6.07) is 6.33. The van der Waals surface area contributed by atoms with Crippen LogP contribution < -0.4 is 5.32 Å². The Balaban J connectivity index is 1.44. The highest BCUT2D eigenvalue weighted by molar-refractivity contribution is 8.00. The van der Waals surface area contributed by atoms with Gasteiger partial charge in [-0.1, -0.05) is 17.8 Å². The van der Waals surface area contributed by atoms with Gasteiger partial charge in [0.05, 0.1) is 23.9 Å². The quantitative estimate of drug-likeness (QED) is 0.429. The average molecular weight is 479 g/mol. The van der Waals surface area contributed by atoms with Crippen LogP contribution in [0.25, 0.3) is 10.2 Å². The number of rotatable bonds is 6. The predicted molar refractivity (Wildman–Crippen MR) is 122 cm³/mol. The number of sulfonamides is 1. The Morgan fingerprint density at radius 3 is 2.81 bits per heavy atom. The third kappa shape index (κ3) is 4.75. The Morgan fingerprint density at radius 2 is 2.03 bits per heavy atom. The van der Waals surface area contributed by atoms with Crippen LogP contribution in [0.15, 0.2) is 40.5 Å². The van der Waals surface area contributed by atoms with Crippen LogP contribution >= 0.6 is 23.1 Å². The van der Waals surface area contributed by atoms with Crippen LogP contribution in [0.2, 0.25) is 0 Å². The number of hydrogen-bond acceptors (Lipinski definition) is 8. The van der Waals surface area contributed by atoms with Crippen LogP contribution in [0.5, 0.6) is 0 Å². The Bertz CT molecular complexity index is 1220. The molecule has 4 rings (SSSR count). The van der Waals surface area contributed by atoms with Crippen molar-refractivity contribution in [1.82, 2.24) is 14.3 Å². The standard InChI is InChI=1S/C20H22N4O4S3/c1-13-14(2)30-20-18(13)19(21-12-22-20)29-11-17(25)23-15-4-3-5-16(10-15)31(26,27)24-6-8-28-9-7-24/h3-5,10,12H,6-9,11H2,1-2H3,(H,23,25). The number of thioether (sulfide) groups is 1. The molecular weight excluding hydrogens is 456 g/mol. The normalized spacial score (nSPS) is 15.3. The van der Waals surface area contributed by atoms with E-state index >= 15 is 0 Å². The molecule has 2 aromatic heterocycles. The number of benzene rings is 1. The Hall–Kier alpha value is -2.05. The van der Waals surface area contributed by atoms with Gasteiger partial charge in [-0.25, -0.2) is 18.4 Å². The van der Waals surface area contributed by atoms with Crippen molar-refractivity contribution in [2.75, 3.05) is 37.4 Å². The maximum absolute atomic E-state index is 12.8. The molecule has 1 saturated heterocycles. The third-order valence-electron chi connectivity index (χ3n) is 5.00. The van der Waals surface area contributed by atoms with E-state index in [0.29, 0.717) is 32.0 Å². The second kappa shape index (κ2) is 9.21. The largest absolute Gasteiger partial charge is 0.379 e. The molecule has 0 bridgehead atoms. The second-order valence-corrected chi connectivity index (χ2v) is 11.1. The van der Waals surface area contributed by atoms with Crippen LogP contribution in [-0.4, -0.2) is 60.7 Å². The van der Waals surface area contributed by atoms with Crippen LogP contribution in [0.1, 0.15) is 10.4 Å². The van der Waals surface area contributed by atoms with Crippen molar-refractivity contribution in [3.63, 3.8) is 0 Å². The lowest BCUT2D eigenvalue weighted by Gasteiger charge is -2.26. The van der Waals surface area contributed by atoms with Crippen molar-refractivity contribution in [2.24, 2.45) is 0 Å². The number of nitrogens with one attached hydrogen (secondary N) is 1. The maximum Gasteiger partial charge on any atom is 0.243 e. The molecule has 0 aliphatic carbocycles. The summed E-state index contributed by atoms with van der Waals surface area (Å²) in [7, 11) is -3.62. The summed E-state index contributed by atoms with van der Waals surface area (Å²) in [4.78, 5) is 23.4. The molecule has 0 radical (unpaired) electrons. The number of carbonyl (C=O) groups excluding carboxylic acids is 1. The number of nitrogens with zero attached hydrogens (tertiary/aromatic N) is 3. The first kappa shape index (κ1) is 22.2. The Labute approximate surface area is 189 Å². The smallest absolute Gasteiger partial charge is 0.243 e. The molecule has 3 heterocycles. The highest BCUT2D eigenvalue weighted by Crippen LogP contribution is 2.34. The number of ether oxygens (including phenoxy) is 1. The fourth-order valence-corrected chi connectivity index (χ4v) is 6.63. The van der Waals surface area contributed by atoms with Crippen LogP contribution in [0.4, 0.5) is 5.69 Å². The predicted octanol–water partition coefficient (Wildman–Crippen LogP) is 3.06. The van der Waals surface area contributed by atoms with E-state index in [0.717, 1.165) is 20.8 Å². The van der Waals surface area contributed by atoms with E-state index in [1.54, 1.807) is 23.5 Å².